The molecule has 3 nitrogen and oxygen atoms in total. The van der Waals surface area contributed by atoms with Crippen molar-refractivity contribution in [3.8, 4) is 0 Å². The van der Waals surface area contributed by atoms with Gasteiger partial charge in [0.25, 0.3) is 0 Å². The van der Waals surface area contributed by atoms with Gasteiger partial charge in [0.1, 0.15) is 0 Å². The minimum atomic E-state index is -3.16. The molecular formula is C15H22O3S. The molecule has 1 heterocycles. The van der Waals surface area contributed by atoms with E-state index in [-0.39, 0.29) is 5.75 Å². The van der Waals surface area contributed by atoms with E-state index in [4.69, 9.17) is 0 Å². The van der Waals surface area contributed by atoms with Gasteiger partial charge < -0.3 is 5.11 Å². The van der Waals surface area contributed by atoms with Crippen molar-refractivity contribution in [3.05, 3.63) is 34.4 Å². The third-order valence-corrected chi connectivity index (χ3v) is 6.46. The molecular weight excluding hydrogens is 260 g/mol. The minimum absolute atomic E-state index is 0.207. The number of hydrogen-bond acceptors (Lipinski definition) is 3. The van der Waals surface area contributed by atoms with Crippen LogP contribution in [0.15, 0.2) is 12.1 Å². The van der Waals surface area contributed by atoms with E-state index in [0.717, 1.165) is 29.5 Å². The quantitative estimate of drug-likeness (QED) is 0.907. The van der Waals surface area contributed by atoms with E-state index in [9.17, 15) is 13.5 Å². The first-order valence-electron chi connectivity index (χ1n) is 6.80. The molecule has 0 bridgehead atoms. The summed E-state index contributed by atoms with van der Waals surface area (Å²) in [7, 11) is -3.16. The molecule has 1 aromatic rings. The van der Waals surface area contributed by atoms with Crippen LogP contribution < -0.4 is 0 Å². The Morgan fingerprint density at radius 1 is 1.11 bits per heavy atom. The Kier molecular flexibility index (Phi) is 4.02. The zero-order valence-electron chi connectivity index (χ0n) is 11.8. The topological polar surface area (TPSA) is 54.4 Å². The Hall–Kier alpha value is -0.870. The monoisotopic (exact) mass is 282 g/mol. The number of aryl methyl sites for hydroxylation is 3. The van der Waals surface area contributed by atoms with Gasteiger partial charge in [-0.05, 0) is 55.9 Å². The van der Waals surface area contributed by atoms with E-state index in [0.29, 0.717) is 6.42 Å². The fourth-order valence-electron chi connectivity index (χ4n) is 2.84. The van der Waals surface area contributed by atoms with Gasteiger partial charge in [-0.15, -0.1) is 0 Å². The van der Waals surface area contributed by atoms with Crippen LogP contribution in [-0.4, -0.2) is 24.5 Å². The van der Waals surface area contributed by atoms with Gasteiger partial charge in [-0.25, -0.2) is 8.42 Å². The van der Waals surface area contributed by atoms with Crippen LogP contribution in [0.1, 0.15) is 47.6 Å². The number of hydrogen-bond donors (Lipinski definition) is 1. The van der Waals surface area contributed by atoms with Gasteiger partial charge in [-0.1, -0.05) is 18.6 Å². The first-order chi connectivity index (χ1) is 8.83. The van der Waals surface area contributed by atoms with Crippen LogP contribution in [0.25, 0.3) is 0 Å². The van der Waals surface area contributed by atoms with Gasteiger partial charge in [0.15, 0.2) is 9.84 Å². The third-order valence-electron chi connectivity index (χ3n) is 4.18. The van der Waals surface area contributed by atoms with Crippen LogP contribution in [0.2, 0.25) is 0 Å². The molecule has 2 atom stereocenters. The predicted octanol–water partition coefficient (Wildman–Crippen LogP) is 2.61. The van der Waals surface area contributed by atoms with Gasteiger partial charge in [0.05, 0.1) is 17.1 Å². The number of sulfone groups is 1. The Morgan fingerprint density at radius 3 is 2.37 bits per heavy atom. The Bertz CT molecular complexity index is 575. The molecule has 4 heteroatoms. The van der Waals surface area contributed by atoms with Crippen molar-refractivity contribution in [1.29, 1.82) is 0 Å². The van der Waals surface area contributed by atoms with Crippen molar-refractivity contribution < 1.29 is 13.5 Å². The summed E-state index contributed by atoms with van der Waals surface area (Å²) in [6.45, 7) is 5.94. The summed E-state index contributed by atoms with van der Waals surface area (Å²) in [4.78, 5) is 0. The molecule has 2 unspecified atom stereocenters. The van der Waals surface area contributed by atoms with Crippen LogP contribution in [0, 0.1) is 20.8 Å². The summed E-state index contributed by atoms with van der Waals surface area (Å²) in [6.07, 6.45) is 1.27. The first kappa shape index (κ1) is 14.5. The molecule has 1 aliphatic rings. The van der Waals surface area contributed by atoms with E-state index in [2.05, 4.69) is 0 Å². The van der Waals surface area contributed by atoms with Crippen LogP contribution in [0.3, 0.4) is 0 Å². The van der Waals surface area contributed by atoms with Crippen molar-refractivity contribution in [2.75, 3.05) is 5.75 Å². The number of rotatable bonds is 2. The molecule has 2 rings (SSSR count). The number of aliphatic hydroxyl groups is 1. The fraction of sp³-hybridized carbons (Fsp3) is 0.600. The molecule has 1 N–H and O–H groups in total. The van der Waals surface area contributed by atoms with Gasteiger partial charge in [-0.3, -0.25) is 0 Å². The standard InChI is InChI=1S/C15H22O3S/c1-10-8-12(3)13(9-11(10)2)15(16)14-6-4-5-7-19(14,17)18/h8-9,14-16H,4-7H2,1-3H3. The van der Waals surface area contributed by atoms with Crippen LogP contribution >= 0.6 is 0 Å². The second kappa shape index (κ2) is 5.25. The lowest BCUT2D eigenvalue weighted by Crippen LogP contribution is -2.34. The summed E-state index contributed by atoms with van der Waals surface area (Å²) in [5.41, 5.74) is 3.99. The maximum Gasteiger partial charge on any atom is 0.156 e. The zero-order valence-corrected chi connectivity index (χ0v) is 12.6. The lowest BCUT2D eigenvalue weighted by atomic mass is 9.94. The maximum atomic E-state index is 12.1. The van der Waals surface area contributed by atoms with E-state index >= 15 is 0 Å². The van der Waals surface area contributed by atoms with Crippen molar-refractivity contribution >= 4 is 9.84 Å². The van der Waals surface area contributed by atoms with Crippen LogP contribution in [-0.2, 0) is 9.84 Å². The van der Waals surface area contributed by atoms with Crippen LogP contribution in [0.5, 0.6) is 0 Å². The summed E-state index contributed by atoms with van der Waals surface area (Å²) in [5.74, 6) is 0.207. The van der Waals surface area contributed by atoms with E-state index in [1.165, 1.54) is 5.56 Å². The second-order valence-electron chi connectivity index (χ2n) is 5.64. The molecule has 0 aliphatic carbocycles. The van der Waals surface area contributed by atoms with Gasteiger partial charge in [-0.2, -0.15) is 0 Å². The van der Waals surface area contributed by atoms with E-state index < -0.39 is 21.2 Å². The van der Waals surface area contributed by atoms with Crippen molar-refractivity contribution in [2.24, 2.45) is 0 Å². The molecule has 0 saturated carbocycles. The smallest absolute Gasteiger partial charge is 0.156 e. The molecule has 0 amide bonds. The highest BCUT2D eigenvalue weighted by atomic mass is 32.2. The molecule has 1 aliphatic heterocycles. The minimum Gasteiger partial charge on any atom is -0.387 e. The lowest BCUT2D eigenvalue weighted by Gasteiger charge is -2.28. The van der Waals surface area contributed by atoms with Crippen molar-refractivity contribution in [2.45, 2.75) is 51.4 Å². The number of benzene rings is 1. The molecule has 0 spiro atoms. The summed E-state index contributed by atoms with van der Waals surface area (Å²) >= 11 is 0. The molecule has 19 heavy (non-hydrogen) atoms. The third kappa shape index (κ3) is 2.84. The van der Waals surface area contributed by atoms with Gasteiger partial charge in [0, 0.05) is 0 Å². The normalized spacial score (nSPS) is 24.1. The highest BCUT2D eigenvalue weighted by Crippen LogP contribution is 2.33. The average Bonchev–Trinajstić information content (AvgIpc) is 2.32. The van der Waals surface area contributed by atoms with E-state index in [1.807, 2.05) is 32.9 Å². The Morgan fingerprint density at radius 2 is 1.74 bits per heavy atom. The predicted molar refractivity (Wildman–Crippen MR) is 77.0 cm³/mol. The molecule has 106 valence electrons. The Balaban J connectivity index is 2.39. The zero-order chi connectivity index (χ0) is 14.2. The maximum absolute atomic E-state index is 12.1. The molecule has 0 aromatic heterocycles. The summed E-state index contributed by atoms with van der Waals surface area (Å²) in [5, 5.41) is 9.86. The van der Waals surface area contributed by atoms with Crippen molar-refractivity contribution in [3.63, 3.8) is 0 Å². The highest BCUT2D eigenvalue weighted by Gasteiger charge is 2.35. The SMILES string of the molecule is Cc1cc(C)c(C(O)C2CCCCS2(=O)=O)cc1C. The highest BCUT2D eigenvalue weighted by molar-refractivity contribution is 7.92. The molecule has 1 saturated heterocycles. The lowest BCUT2D eigenvalue weighted by molar-refractivity contribution is 0.163. The fourth-order valence-corrected chi connectivity index (χ4v) is 4.81. The Labute approximate surface area is 115 Å². The van der Waals surface area contributed by atoms with Crippen molar-refractivity contribution in [1.82, 2.24) is 0 Å². The molecule has 1 aromatic carbocycles. The molecule has 0 radical (unpaired) electrons. The first-order valence-corrected chi connectivity index (χ1v) is 8.52. The number of aliphatic hydroxyl groups excluding tert-OH is 1. The second-order valence-corrected chi connectivity index (χ2v) is 7.98. The summed E-state index contributed by atoms with van der Waals surface area (Å²) in [6, 6.07) is 3.95. The average molecular weight is 282 g/mol. The molecule has 1 fully saturated rings. The van der Waals surface area contributed by atoms with Crippen LogP contribution in [0.4, 0.5) is 0 Å². The largest absolute Gasteiger partial charge is 0.387 e. The summed E-state index contributed by atoms with van der Waals surface area (Å²) < 4.78 is 24.2. The van der Waals surface area contributed by atoms with Gasteiger partial charge in [0.2, 0.25) is 0 Å². The van der Waals surface area contributed by atoms with Gasteiger partial charge >= 0.3 is 0 Å². The van der Waals surface area contributed by atoms with E-state index in [1.54, 1.807) is 0 Å².